The van der Waals surface area contributed by atoms with Gasteiger partial charge in [-0.1, -0.05) is 40.2 Å². The van der Waals surface area contributed by atoms with Gasteiger partial charge in [0.25, 0.3) is 0 Å². The molecule has 0 heterocycles. The fraction of sp³-hybridized carbons (Fsp3) is 0.143. The van der Waals surface area contributed by atoms with Crippen molar-refractivity contribution in [3.63, 3.8) is 0 Å². The smallest absolute Gasteiger partial charge is 0.310 e. The van der Waals surface area contributed by atoms with Crippen molar-refractivity contribution >= 4 is 15.9 Å². The van der Waals surface area contributed by atoms with Crippen LogP contribution < -0.4 is 5.73 Å². The van der Waals surface area contributed by atoms with E-state index in [-0.39, 0.29) is 11.1 Å². The van der Waals surface area contributed by atoms with E-state index in [1.807, 2.05) is 0 Å². The minimum atomic E-state index is -4.71. The van der Waals surface area contributed by atoms with E-state index in [0.717, 1.165) is 24.3 Å². The van der Waals surface area contributed by atoms with Crippen LogP contribution in [0.25, 0.3) is 0 Å². The zero-order valence-corrected chi connectivity index (χ0v) is 11.7. The average Bonchev–Trinajstić information content (AvgIpc) is 2.38. The normalized spacial score (nSPS) is 14.9. The second-order valence-electron chi connectivity index (χ2n) is 4.32. The Morgan fingerprint density at radius 2 is 1.20 bits per heavy atom. The predicted octanol–water partition coefficient (Wildman–Crippen LogP) is 4.35. The van der Waals surface area contributed by atoms with Gasteiger partial charge in [0.05, 0.1) is 0 Å². The van der Waals surface area contributed by atoms with Crippen molar-refractivity contribution in [3.8, 4) is 0 Å². The van der Waals surface area contributed by atoms with Crippen LogP contribution in [0.3, 0.4) is 0 Å². The summed E-state index contributed by atoms with van der Waals surface area (Å²) < 4.78 is 53.9. The lowest BCUT2D eigenvalue weighted by Gasteiger charge is -2.33. The summed E-state index contributed by atoms with van der Waals surface area (Å²) >= 11 is 3.16. The molecule has 2 rings (SSSR count). The summed E-state index contributed by atoms with van der Waals surface area (Å²) in [5, 5.41) is 0. The SMILES string of the molecule is N[C@@](c1ccc(F)cc1)(c1ccc(Br)cc1)C(F)(F)F. The minimum Gasteiger partial charge on any atom is -0.310 e. The van der Waals surface area contributed by atoms with Crippen molar-refractivity contribution in [1.29, 1.82) is 0 Å². The molecule has 6 heteroatoms. The van der Waals surface area contributed by atoms with Crippen LogP contribution in [0.2, 0.25) is 0 Å². The van der Waals surface area contributed by atoms with Gasteiger partial charge in [0.15, 0.2) is 5.54 Å². The van der Waals surface area contributed by atoms with E-state index in [9.17, 15) is 17.6 Å². The third-order valence-electron chi connectivity index (χ3n) is 3.05. The molecule has 106 valence electrons. The molecule has 1 nitrogen and oxygen atoms in total. The van der Waals surface area contributed by atoms with Crippen molar-refractivity contribution in [3.05, 3.63) is 69.9 Å². The van der Waals surface area contributed by atoms with Gasteiger partial charge in [0, 0.05) is 4.47 Å². The van der Waals surface area contributed by atoms with E-state index in [1.54, 1.807) is 0 Å². The maximum atomic E-state index is 13.4. The van der Waals surface area contributed by atoms with Crippen LogP contribution in [-0.4, -0.2) is 6.18 Å². The first-order chi connectivity index (χ1) is 9.25. The highest BCUT2D eigenvalue weighted by molar-refractivity contribution is 9.10. The van der Waals surface area contributed by atoms with Gasteiger partial charge in [0.2, 0.25) is 0 Å². The quantitative estimate of drug-likeness (QED) is 0.803. The summed E-state index contributed by atoms with van der Waals surface area (Å²) in [6.07, 6.45) is -4.71. The number of hydrogen-bond acceptors (Lipinski definition) is 1. The second kappa shape index (κ2) is 5.18. The van der Waals surface area contributed by atoms with Crippen molar-refractivity contribution < 1.29 is 17.6 Å². The van der Waals surface area contributed by atoms with Crippen LogP contribution in [0.1, 0.15) is 11.1 Å². The van der Waals surface area contributed by atoms with Gasteiger partial charge in [-0.15, -0.1) is 0 Å². The molecule has 0 fully saturated rings. The van der Waals surface area contributed by atoms with Gasteiger partial charge in [-0.05, 0) is 35.4 Å². The van der Waals surface area contributed by atoms with Gasteiger partial charge in [0.1, 0.15) is 5.82 Å². The van der Waals surface area contributed by atoms with Crippen molar-refractivity contribution in [2.75, 3.05) is 0 Å². The zero-order valence-electron chi connectivity index (χ0n) is 10.1. The van der Waals surface area contributed by atoms with Crippen molar-refractivity contribution in [1.82, 2.24) is 0 Å². The Labute approximate surface area is 121 Å². The van der Waals surface area contributed by atoms with E-state index in [4.69, 9.17) is 5.73 Å². The van der Waals surface area contributed by atoms with E-state index in [0.29, 0.717) is 4.47 Å². The molecule has 0 saturated heterocycles. The molecule has 20 heavy (non-hydrogen) atoms. The van der Waals surface area contributed by atoms with Gasteiger partial charge in [-0.2, -0.15) is 13.2 Å². The van der Waals surface area contributed by atoms with E-state index in [1.165, 1.54) is 24.3 Å². The molecule has 0 radical (unpaired) electrons. The van der Waals surface area contributed by atoms with Crippen LogP contribution in [0.5, 0.6) is 0 Å². The maximum Gasteiger partial charge on any atom is 0.414 e. The van der Waals surface area contributed by atoms with Crippen LogP contribution in [0.15, 0.2) is 53.0 Å². The molecule has 0 aliphatic carbocycles. The molecule has 2 aromatic rings. The Kier molecular flexibility index (Phi) is 3.88. The lowest BCUT2D eigenvalue weighted by Crippen LogP contribution is -2.51. The van der Waals surface area contributed by atoms with Gasteiger partial charge in [-0.25, -0.2) is 4.39 Å². The minimum absolute atomic E-state index is 0.111. The van der Waals surface area contributed by atoms with Gasteiger partial charge >= 0.3 is 6.18 Å². The molecule has 0 bridgehead atoms. The number of nitrogens with two attached hydrogens (primary N) is 1. The molecule has 0 amide bonds. The Bertz CT molecular complexity index is 545. The molecule has 0 aliphatic heterocycles. The van der Waals surface area contributed by atoms with Crippen LogP contribution in [-0.2, 0) is 5.54 Å². The van der Waals surface area contributed by atoms with Crippen molar-refractivity contribution in [2.24, 2.45) is 5.73 Å². The summed E-state index contributed by atoms with van der Waals surface area (Å²) in [5.74, 6) is -0.617. The Balaban J connectivity index is 2.62. The highest BCUT2D eigenvalue weighted by atomic mass is 79.9. The number of halogens is 5. The largest absolute Gasteiger partial charge is 0.414 e. The summed E-state index contributed by atoms with van der Waals surface area (Å²) in [5.41, 5.74) is 2.65. The molecule has 2 N–H and O–H groups in total. The molecule has 1 atom stereocenters. The fourth-order valence-electron chi connectivity index (χ4n) is 1.92. The molecule has 0 aliphatic rings. The summed E-state index contributed by atoms with van der Waals surface area (Å²) in [6, 6.07) is 9.55. The van der Waals surface area contributed by atoms with Crippen LogP contribution in [0.4, 0.5) is 17.6 Å². The molecule has 0 unspecified atom stereocenters. The number of rotatable bonds is 2. The van der Waals surface area contributed by atoms with Crippen LogP contribution >= 0.6 is 15.9 Å². The Hall–Kier alpha value is -1.40. The Morgan fingerprint density at radius 3 is 1.60 bits per heavy atom. The first-order valence-electron chi connectivity index (χ1n) is 5.63. The molecular formula is C14H10BrF4N. The maximum absolute atomic E-state index is 13.4. The Morgan fingerprint density at radius 1 is 0.800 bits per heavy atom. The fourth-order valence-corrected chi connectivity index (χ4v) is 2.18. The first-order valence-corrected chi connectivity index (χ1v) is 6.42. The standard InChI is InChI=1S/C14H10BrF4N/c15-11-5-1-9(2-6-11)13(20,14(17,18)19)10-3-7-12(16)8-4-10/h1-8H,20H2/t13-/m1/s1. The lowest BCUT2D eigenvalue weighted by molar-refractivity contribution is -0.176. The third-order valence-corrected chi connectivity index (χ3v) is 3.57. The van der Waals surface area contributed by atoms with Gasteiger partial charge < -0.3 is 5.73 Å². The highest BCUT2D eigenvalue weighted by Gasteiger charge is 2.54. The lowest BCUT2D eigenvalue weighted by atomic mass is 9.83. The molecule has 0 saturated carbocycles. The van der Waals surface area contributed by atoms with E-state index in [2.05, 4.69) is 15.9 Å². The topological polar surface area (TPSA) is 26.0 Å². The number of alkyl halides is 3. The molecule has 0 aromatic heterocycles. The summed E-state index contributed by atoms with van der Waals surface area (Å²) in [4.78, 5) is 0. The highest BCUT2D eigenvalue weighted by Crippen LogP contribution is 2.42. The number of benzene rings is 2. The van der Waals surface area contributed by atoms with Crippen LogP contribution in [0, 0.1) is 5.82 Å². The second-order valence-corrected chi connectivity index (χ2v) is 5.24. The predicted molar refractivity (Wildman–Crippen MR) is 71.6 cm³/mol. The molecular weight excluding hydrogens is 338 g/mol. The van der Waals surface area contributed by atoms with E-state index >= 15 is 0 Å². The third kappa shape index (κ3) is 2.58. The first kappa shape index (κ1) is 15.0. The monoisotopic (exact) mass is 347 g/mol. The molecule has 0 spiro atoms. The molecule has 2 aromatic carbocycles. The van der Waals surface area contributed by atoms with Gasteiger partial charge in [-0.3, -0.25) is 0 Å². The average molecular weight is 348 g/mol. The van der Waals surface area contributed by atoms with Crippen molar-refractivity contribution in [2.45, 2.75) is 11.7 Å². The number of hydrogen-bond donors (Lipinski definition) is 1. The summed E-state index contributed by atoms with van der Waals surface area (Å²) in [7, 11) is 0. The zero-order chi connectivity index (χ0) is 15.0. The summed E-state index contributed by atoms with van der Waals surface area (Å²) in [6.45, 7) is 0. The van der Waals surface area contributed by atoms with E-state index < -0.39 is 17.5 Å².